The van der Waals surface area contributed by atoms with E-state index in [0.29, 0.717) is 22.3 Å². The van der Waals surface area contributed by atoms with E-state index in [1.54, 1.807) is 37.6 Å². The zero-order valence-electron chi connectivity index (χ0n) is 13.1. The van der Waals surface area contributed by atoms with E-state index < -0.39 is 0 Å². The predicted octanol–water partition coefficient (Wildman–Crippen LogP) is 3.42. The fraction of sp³-hybridized carbons (Fsp3) is 0.333. The van der Waals surface area contributed by atoms with Gasteiger partial charge in [-0.15, -0.1) is 11.3 Å². The first-order valence-corrected chi connectivity index (χ1v) is 9.31. The highest BCUT2D eigenvalue weighted by Crippen LogP contribution is 2.28. The van der Waals surface area contributed by atoms with Gasteiger partial charge in [-0.25, -0.2) is 9.97 Å². The Hall–Kier alpha value is -1.64. The van der Waals surface area contributed by atoms with Crippen LogP contribution in [0, 0.1) is 0 Å². The minimum Gasteiger partial charge on any atom is -0.466 e. The third-order valence-corrected chi connectivity index (χ3v) is 5.25. The van der Waals surface area contributed by atoms with Crippen molar-refractivity contribution in [2.75, 3.05) is 11.9 Å². The van der Waals surface area contributed by atoms with Crippen LogP contribution in [0.3, 0.4) is 0 Å². The lowest BCUT2D eigenvalue weighted by Crippen LogP contribution is -2.22. The highest BCUT2D eigenvalue weighted by atomic mass is 35.5. The van der Waals surface area contributed by atoms with E-state index in [1.807, 2.05) is 0 Å². The van der Waals surface area contributed by atoms with Gasteiger partial charge < -0.3 is 10.1 Å². The van der Waals surface area contributed by atoms with Gasteiger partial charge in [0, 0.05) is 11.6 Å². The van der Waals surface area contributed by atoms with Crippen LogP contribution in [0.5, 0.6) is 0 Å². The number of halogens is 1. The summed E-state index contributed by atoms with van der Waals surface area (Å²) in [6, 6.07) is 3.38. The van der Waals surface area contributed by atoms with Crippen LogP contribution >= 0.6 is 34.7 Å². The molecule has 0 spiro atoms. The first-order chi connectivity index (χ1) is 11.5. The van der Waals surface area contributed by atoms with Crippen molar-refractivity contribution in [3.63, 3.8) is 0 Å². The number of thiazole rings is 1. The summed E-state index contributed by atoms with van der Waals surface area (Å²) < 4.78 is 5.61. The molecule has 1 amide bonds. The molecule has 9 heteroatoms. The van der Waals surface area contributed by atoms with Gasteiger partial charge in [0.15, 0.2) is 9.49 Å². The lowest BCUT2D eigenvalue weighted by atomic mass is 10.3. The van der Waals surface area contributed by atoms with Crippen molar-refractivity contribution < 1.29 is 14.3 Å². The molecule has 0 aliphatic rings. The van der Waals surface area contributed by atoms with Crippen molar-refractivity contribution in [3.8, 4) is 0 Å². The average molecular weight is 386 g/mol. The molecule has 128 valence electrons. The lowest BCUT2D eigenvalue weighted by molar-refractivity contribution is -0.142. The summed E-state index contributed by atoms with van der Waals surface area (Å²) >= 11 is 8.63. The van der Waals surface area contributed by atoms with Gasteiger partial charge in [0.25, 0.3) is 0 Å². The second kappa shape index (κ2) is 9.00. The predicted molar refractivity (Wildman–Crippen MR) is 95.6 cm³/mol. The van der Waals surface area contributed by atoms with Crippen molar-refractivity contribution >= 4 is 52.3 Å². The Morgan fingerprint density at radius 3 is 3.00 bits per heavy atom. The van der Waals surface area contributed by atoms with Gasteiger partial charge in [-0.2, -0.15) is 0 Å². The molecule has 2 aromatic heterocycles. The van der Waals surface area contributed by atoms with Gasteiger partial charge in [0.2, 0.25) is 5.91 Å². The van der Waals surface area contributed by atoms with Crippen LogP contribution in [0.25, 0.3) is 0 Å². The van der Waals surface area contributed by atoms with Gasteiger partial charge in [0.1, 0.15) is 0 Å². The third kappa shape index (κ3) is 5.47. The lowest BCUT2D eigenvalue weighted by Gasteiger charge is -2.11. The summed E-state index contributed by atoms with van der Waals surface area (Å²) in [4.78, 5) is 31.9. The number of hydrogen-bond donors (Lipinski definition) is 1. The molecule has 2 rings (SSSR count). The van der Waals surface area contributed by atoms with E-state index in [2.05, 4.69) is 15.3 Å². The second-order valence-electron chi connectivity index (χ2n) is 4.68. The van der Waals surface area contributed by atoms with Crippen LogP contribution in [0.4, 0.5) is 5.69 Å². The van der Waals surface area contributed by atoms with Crippen LogP contribution in [-0.2, 0) is 20.7 Å². The average Bonchev–Trinajstić information content (AvgIpc) is 2.96. The Bertz CT molecular complexity index is 723. The molecule has 24 heavy (non-hydrogen) atoms. The number of thioether (sulfide) groups is 1. The molecular formula is C15H16ClN3O3S2. The molecule has 1 atom stereocenters. The summed E-state index contributed by atoms with van der Waals surface area (Å²) in [5, 5.41) is 4.40. The highest BCUT2D eigenvalue weighted by molar-refractivity contribution is 8.02. The Morgan fingerprint density at radius 2 is 2.29 bits per heavy atom. The molecular weight excluding hydrogens is 370 g/mol. The number of carbonyl (C=O) groups excluding carboxylic acids is 2. The van der Waals surface area contributed by atoms with Gasteiger partial charge in [-0.3, -0.25) is 9.59 Å². The molecule has 0 aromatic carbocycles. The molecule has 2 heterocycles. The Balaban J connectivity index is 1.91. The van der Waals surface area contributed by atoms with E-state index in [-0.39, 0.29) is 28.7 Å². The third-order valence-electron chi connectivity index (χ3n) is 2.83. The number of carbonyl (C=O) groups is 2. The van der Waals surface area contributed by atoms with Gasteiger partial charge in [-0.05, 0) is 26.0 Å². The Morgan fingerprint density at radius 1 is 1.50 bits per heavy atom. The minimum absolute atomic E-state index is 0.136. The van der Waals surface area contributed by atoms with E-state index in [0.717, 1.165) is 0 Å². The molecule has 0 aliphatic carbocycles. The molecule has 6 nitrogen and oxygen atoms in total. The van der Waals surface area contributed by atoms with Crippen molar-refractivity contribution in [1.29, 1.82) is 0 Å². The monoisotopic (exact) mass is 385 g/mol. The maximum atomic E-state index is 12.2. The summed E-state index contributed by atoms with van der Waals surface area (Å²) in [6.45, 7) is 3.88. The van der Waals surface area contributed by atoms with Crippen LogP contribution in [0.15, 0.2) is 28.0 Å². The van der Waals surface area contributed by atoms with Crippen molar-refractivity contribution in [3.05, 3.63) is 34.6 Å². The zero-order valence-corrected chi connectivity index (χ0v) is 15.5. The number of pyridine rings is 1. The maximum absolute atomic E-state index is 12.2. The van der Waals surface area contributed by atoms with Crippen LogP contribution in [0.2, 0.25) is 5.15 Å². The van der Waals surface area contributed by atoms with Gasteiger partial charge in [0.05, 0.1) is 29.7 Å². The molecule has 0 saturated carbocycles. The standard InChI is InChI=1S/C15H16ClN3O3S2/c1-3-22-12(20)7-10-8-23-15(18-10)24-9(2)14(21)19-11-5-4-6-17-13(11)16/h4-6,8-9H,3,7H2,1-2H3,(H,19,21)/t9-/m0/s1. The summed E-state index contributed by atoms with van der Waals surface area (Å²) in [7, 11) is 0. The highest BCUT2D eigenvalue weighted by Gasteiger charge is 2.18. The topological polar surface area (TPSA) is 81.2 Å². The van der Waals surface area contributed by atoms with Crippen LogP contribution in [0.1, 0.15) is 19.5 Å². The number of rotatable bonds is 7. The first-order valence-electron chi connectivity index (χ1n) is 7.17. The van der Waals surface area contributed by atoms with Crippen molar-refractivity contribution in [1.82, 2.24) is 9.97 Å². The quantitative estimate of drug-likeness (QED) is 0.447. The zero-order chi connectivity index (χ0) is 17.5. The van der Waals surface area contributed by atoms with Crippen molar-refractivity contribution in [2.24, 2.45) is 0 Å². The van der Waals surface area contributed by atoms with E-state index in [1.165, 1.54) is 23.1 Å². The largest absolute Gasteiger partial charge is 0.466 e. The normalized spacial score (nSPS) is 11.8. The van der Waals surface area contributed by atoms with Gasteiger partial charge >= 0.3 is 5.97 Å². The number of hydrogen-bond acceptors (Lipinski definition) is 7. The van der Waals surface area contributed by atoms with E-state index in [4.69, 9.17) is 16.3 Å². The molecule has 0 unspecified atom stereocenters. The summed E-state index contributed by atoms with van der Waals surface area (Å²) in [5.74, 6) is -0.506. The fourth-order valence-electron chi connectivity index (χ4n) is 1.70. The number of aromatic nitrogens is 2. The molecule has 0 fully saturated rings. The van der Waals surface area contributed by atoms with Crippen molar-refractivity contribution in [2.45, 2.75) is 29.9 Å². The number of esters is 1. The molecule has 0 bridgehead atoms. The second-order valence-corrected chi connectivity index (χ2v) is 7.48. The number of anilines is 1. The minimum atomic E-state index is -0.372. The van der Waals surface area contributed by atoms with Crippen LogP contribution in [-0.4, -0.2) is 33.7 Å². The number of amides is 1. The smallest absolute Gasteiger partial charge is 0.311 e. The maximum Gasteiger partial charge on any atom is 0.311 e. The molecule has 2 aromatic rings. The Kier molecular flexibility index (Phi) is 7.01. The SMILES string of the molecule is CCOC(=O)Cc1csc(S[C@@H](C)C(=O)Nc2cccnc2Cl)n1. The number of nitrogens with zero attached hydrogens (tertiary/aromatic N) is 2. The van der Waals surface area contributed by atoms with Gasteiger partial charge in [-0.1, -0.05) is 23.4 Å². The molecule has 0 saturated heterocycles. The van der Waals surface area contributed by atoms with E-state index in [9.17, 15) is 9.59 Å². The summed E-state index contributed by atoms with van der Waals surface area (Å²) in [5.41, 5.74) is 1.11. The first kappa shape index (κ1) is 18.7. The number of ether oxygens (including phenoxy) is 1. The molecule has 0 aliphatic heterocycles. The summed E-state index contributed by atoms with van der Waals surface area (Å²) in [6.07, 6.45) is 1.69. The molecule has 0 radical (unpaired) electrons. The number of nitrogens with one attached hydrogen (secondary N) is 1. The van der Waals surface area contributed by atoms with E-state index >= 15 is 0 Å². The molecule has 1 N–H and O–H groups in total. The van der Waals surface area contributed by atoms with Crippen LogP contribution < -0.4 is 5.32 Å². The fourth-order valence-corrected chi connectivity index (χ4v) is 3.85. The Labute approximate surface area is 153 Å².